The van der Waals surface area contributed by atoms with Crippen LogP contribution in [0.3, 0.4) is 0 Å². The summed E-state index contributed by atoms with van der Waals surface area (Å²) < 4.78 is 10.4. The van der Waals surface area contributed by atoms with Crippen molar-refractivity contribution in [3.05, 3.63) is 30.3 Å². The number of hydrogen-bond acceptors (Lipinski definition) is 2. The summed E-state index contributed by atoms with van der Waals surface area (Å²) in [6, 6.07) is 9.79. The molecule has 4 aliphatic rings. The molecule has 5 rings (SSSR count). The molecule has 2 nitrogen and oxygen atoms in total. The van der Waals surface area contributed by atoms with Crippen molar-refractivity contribution in [1.29, 1.82) is 0 Å². The molecule has 1 aromatic rings. The minimum absolute atomic E-state index is 0.343. The average Bonchev–Trinajstić information content (AvgIpc) is 3.15. The first-order valence-electron chi connectivity index (χ1n) is 11.7. The van der Waals surface area contributed by atoms with Gasteiger partial charge in [-0.25, -0.2) is 0 Å². The van der Waals surface area contributed by atoms with Crippen molar-refractivity contribution in [2.75, 3.05) is 13.2 Å². The molecule has 0 radical (unpaired) electrons. The van der Waals surface area contributed by atoms with E-state index in [4.69, 9.17) is 9.47 Å². The Hall–Kier alpha value is -1.02. The number of ether oxygens (including phenoxy) is 2. The number of benzene rings is 1. The fourth-order valence-corrected chi connectivity index (χ4v) is 4.89. The van der Waals surface area contributed by atoms with Crippen molar-refractivity contribution in [3.63, 3.8) is 0 Å². The van der Waals surface area contributed by atoms with Gasteiger partial charge in [0.25, 0.3) is 0 Å². The Bertz CT molecular complexity index is 439. The van der Waals surface area contributed by atoms with E-state index in [1.165, 1.54) is 23.7 Å². The van der Waals surface area contributed by atoms with Gasteiger partial charge in [0.1, 0.15) is 18.5 Å². The first kappa shape index (κ1) is 24.0. The van der Waals surface area contributed by atoms with E-state index in [1.807, 2.05) is 71.9 Å². The van der Waals surface area contributed by atoms with Gasteiger partial charge < -0.3 is 9.47 Å². The fourth-order valence-electron chi connectivity index (χ4n) is 4.89. The molecule has 0 N–H and O–H groups in total. The van der Waals surface area contributed by atoms with Crippen molar-refractivity contribution < 1.29 is 9.47 Å². The van der Waals surface area contributed by atoms with Crippen LogP contribution in [0.25, 0.3) is 0 Å². The molecule has 0 spiro atoms. The van der Waals surface area contributed by atoms with E-state index in [0.29, 0.717) is 12.7 Å². The second kappa shape index (κ2) is 14.0. The predicted octanol–water partition coefficient (Wildman–Crippen LogP) is 7.38. The van der Waals surface area contributed by atoms with Gasteiger partial charge >= 0.3 is 0 Å². The normalized spacial score (nSPS) is 30.7. The highest BCUT2D eigenvalue weighted by molar-refractivity contribution is 5.20. The summed E-state index contributed by atoms with van der Waals surface area (Å²) in [6.07, 6.45) is 9.88. The lowest BCUT2D eigenvalue weighted by Gasteiger charge is -2.23. The monoisotopic (exact) mass is 376 g/mol. The SMILES string of the molecule is C1CC2C3CCC(C3)C2C1.CC.CC.CC.c1ccc(OCC2CO2)cc1. The Morgan fingerprint density at radius 3 is 1.81 bits per heavy atom. The van der Waals surface area contributed by atoms with E-state index in [1.54, 1.807) is 38.5 Å². The highest BCUT2D eigenvalue weighted by atomic mass is 16.6. The molecule has 2 bridgehead atoms. The smallest absolute Gasteiger partial charge is 0.119 e. The topological polar surface area (TPSA) is 21.8 Å². The molecule has 3 aliphatic carbocycles. The largest absolute Gasteiger partial charge is 0.491 e. The Morgan fingerprint density at radius 2 is 1.33 bits per heavy atom. The van der Waals surface area contributed by atoms with Crippen molar-refractivity contribution >= 4 is 0 Å². The lowest BCUT2D eigenvalue weighted by Crippen LogP contribution is -2.15. The molecule has 2 heteroatoms. The van der Waals surface area contributed by atoms with Gasteiger partial charge in [-0.2, -0.15) is 0 Å². The second-order valence-electron chi connectivity index (χ2n) is 7.17. The van der Waals surface area contributed by atoms with Crippen molar-refractivity contribution in [2.45, 2.75) is 86.2 Å². The summed E-state index contributed by atoms with van der Waals surface area (Å²) in [6.45, 7) is 13.5. The van der Waals surface area contributed by atoms with Crippen LogP contribution in [0.4, 0.5) is 0 Å². The van der Waals surface area contributed by atoms with Gasteiger partial charge in [0.2, 0.25) is 0 Å². The summed E-state index contributed by atoms with van der Waals surface area (Å²) in [5.74, 6) is 5.72. The molecule has 156 valence electrons. The zero-order chi connectivity index (χ0) is 20.1. The van der Waals surface area contributed by atoms with Gasteiger partial charge in [0, 0.05) is 0 Å². The van der Waals surface area contributed by atoms with Crippen LogP contribution in [0.15, 0.2) is 30.3 Å². The molecule has 1 aliphatic heterocycles. The van der Waals surface area contributed by atoms with Gasteiger partial charge in [0.15, 0.2) is 0 Å². The summed E-state index contributed by atoms with van der Waals surface area (Å²) in [5, 5.41) is 0. The van der Waals surface area contributed by atoms with E-state index < -0.39 is 0 Å². The number of para-hydroxylation sites is 1. The molecule has 0 aromatic heterocycles. The Kier molecular flexibility index (Phi) is 12.5. The molecule has 0 amide bonds. The van der Waals surface area contributed by atoms with E-state index in [0.717, 1.165) is 12.4 Å². The van der Waals surface area contributed by atoms with Gasteiger partial charge in [-0.15, -0.1) is 0 Å². The quantitative estimate of drug-likeness (QED) is 0.513. The number of epoxide rings is 1. The summed E-state index contributed by atoms with van der Waals surface area (Å²) in [7, 11) is 0. The number of rotatable bonds is 3. The second-order valence-corrected chi connectivity index (χ2v) is 7.17. The van der Waals surface area contributed by atoms with Gasteiger partial charge in [-0.05, 0) is 67.9 Å². The molecule has 27 heavy (non-hydrogen) atoms. The molecular formula is C25H44O2. The van der Waals surface area contributed by atoms with Crippen molar-refractivity contribution in [3.8, 4) is 5.75 Å². The molecular weight excluding hydrogens is 332 g/mol. The molecule has 1 aromatic carbocycles. The van der Waals surface area contributed by atoms with Crippen LogP contribution >= 0.6 is 0 Å². The third kappa shape index (κ3) is 7.49. The minimum Gasteiger partial charge on any atom is -0.491 e. The third-order valence-corrected chi connectivity index (χ3v) is 5.93. The van der Waals surface area contributed by atoms with Crippen LogP contribution in [0.1, 0.15) is 80.1 Å². The van der Waals surface area contributed by atoms with E-state index in [2.05, 4.69) is 0 Å². The first-order valence-corrected chi connectivity index (χ1v) is 11.7. The maximum Gasteiger partial charge on any atom is 0.119 e. The van der Waals surface area contributed by atoms with Crippen molar-refractivity contribution in [2.24, 2.45) is 23.7 Å². The third-order valence-electron chi connectivity index (χ3n) is 5.93. The van der Waals surface area contributed by atoms with Gasteiger partial charge in [0.05, 0.1) is 6.61 Å². The highest BCUT2D eigenvalue weighted by Gasteiger charge is 2.48. The summed E-state index contributed by atoms with van der Waals surface area (Å²) in [4.78, 5) is 0. The average molecular weight is 377 g/mol. The molecule has 3 saturated carbocycles. The lowest BCUT2D eigenvalue weighted by atomic mass is 9.82. The maximum atomic E-state index is 5.40. The van der Waals surface area contributed by atoms with Crippen LogP contribution in [-0.2, 0) is 4.74 Å². The molecule has 4 fully saturated rings. The minimum atomic E-state index is 0.343. The standard InChI is InChI=1S/C10H16.C9H10O2.3C2H6/c1-2-9-7-4-5-8(6-7)10(9)3-1;1-2-4-8(5-3-1)10-6-9-7-11-9;3*1-2/h7-10H,1-6H2;1-5,9H,6-7H2;3*1-2H3. The van der Waals surface area contributed by atoms with E-state index >= 15 is 0 Å². The molecule has 5 atom stereocenters. The van der Waals surface area contributed by atoms with Crippen LogP contribution < -0.4 is 4.74 Å². The molecule has 1 saturated heterocycles. The number of fused-ring (bicyclic) bond motifs is 5. The van der Waals surface area contributed by atoms with Crippen LogP contribution in [0.2, 0.25) is 0 Å². The van der Waals surface area contributed by atoms with E-state index in [9.17, 15) is 0 Å². The highest BCUT2D eigenvalue weighted by Crippen LogP contribution is 2.58. The zero-order valence-corrected chi connectivity index (χ0v) is 18.7. The summed E-state index contributed by atoms with van der Waals surface area (Å²) in [5.41, 5.74) is 0. The van der Waals surface area contributed by atoms with Crippen LogP contribution in [0, 0.1) is 23.7 Å². The van der Waals surface area contributed by atoms with Gasteiger partial charge in [-0.3, -0.25) is 0 Å². The Morgan fingerprint density at radius 1 is 0.815 bits per heavy atom. The van der Waals surface area contributed by atoms with E-state index in [-0.39, 0.29) is 0 Å². The number of hydrogen-bond donors (Lipinski definition) is 0. The van der Waals surface area contributed by atoms with Crippen LogP contribution in [-0.4, -0.2) is 19.3 Å². The molecule has 1 heterocycles. The predicted molar refractivity (Wildman–Crippen MR) is 117 cm³/mol. The zero-order valence-electron chi connectivity index (χ0n) is 18.7. The summed E-state index contributed by atoms with van der Waals surface area (Å²) >= 11 is 0. The Balaban J connectivity index is 0.000000213. The lowest BCUT2D eigenvalue weighted by molar-refractivity contribution is 0.259. The van der Waals surface area contributed by atoms with Gasteiger partial charge in [-0.1, -0.05) is 66.2 Å². The van der Waals surface area contributed by atoms with Crippen LogP contribution in [0.5, 0.6) is 5.75 Å². The Labute approximate surface area is 169 Å². The van der Waals surface area contributed by atoms with Crippen molar-refractivity contribution in [1.82, 2.24) is 0 Å². The fraction of sp³-hybridized carbons (Fsp3) is 0.760. The maximum absolute atomic E-state index is 5.40. The molecule has 5 unspecified atom stereocenters. The first-order chi connectivity index (χ1) is 13.4.